The van der Waals surface area contributed by atoms with E-state index in [-0.39, 0.29) is 24.3 Å². The molecule has 7 nitrogen and oxygen atoms in total. The zero-order valence-electron chi connectivity index (χ0n) is 16.6. The van der Waals surface area contributed by atoms with E-state index < -0.39 is 0 Å². The molecule has 154 valence electrons. The predicted octanol–water partition coefficient (Wildman–Crippen LogP) is 2.17. The van der Waals surface area contributed by atoms with Crippen LogP contribution in [0.15, 0.2) is 36.4 Å². The van der Waals surface area contributed by atoms with Gasteiger partial charge in [-0.2, -0.15) is 0 Å². The monoisotopic (exact) mass is 415 g/mol. The maximum Gasteiger partial charge on any atom is 0.264 e. The molecule has 29 heavy (non-hydrogen) atoms. The summed E-state index contributed by atoms with van der Waals surface area (Å²) in [6.45, 7) is 6.28. The highest BCUT2D eigenvalue weighted by molar-refractivity contribution is 7.13. The fourth-order valence-corrected chi connectivity index (χ4v) is 3.94. The fourth-order valence-electron chi connectivity index (χ4n) is 3.10. The van der Waals surface area contributed by atoms with Crippen molar-refractivity contribution in [3.05, 3.63) is 51.7 Å². The number of nitrogens with zero attached hydrogens (tertiary/aromatic N) is 2. The number of rotatable bonds is 6. The maximum absolute atomic E-state index is 12.5. The van der Waals surface area contributed by atoms with Crippen molar-refractivity contribution in [3.63, 3.8) is 0 Å². The Kier molecular flexibility index (Phi) is 6.87. The quantitative estimate of drug-likeness (QED) is 0.784. The molecule has 0 aliphatic carbocycles. The summed E-state index contributed by atoms with van der Waals surface area (Å²) in [5.74, 6) is 0.260. The second-order valence-corrected chi connectivity index (χ2v) is 8.01. The summed E-state index contributed by atoms with van der Waals surface area (Å²) < 4.78 is 5.35. The summed E-state index contributed by atoms with van der Waals surface area (Å²) in [5, 5.41) is 2.66. The summed E-state index contributed by atoms with van der Waals surface area (Å²) in [6.07, 6.45) is 0. The van der Waals surface area contributed by atoms with Crippen LogP contribution in [0.3, 0.4) is 0 Å². The number of carbonyl (C=O) groups is 3. The molecule has 0 spiro atoms. The molecule has 2 heterocycles. The summed E-state index contributed by atoms with van der Waals surface area (Å²) in [4.78, 5) is 42.4. The van der Waals surface area contributed by atoms with Gasteiger partial charge in [0, 0.05) is 36.6 Å². The number of aryl methyl sites for hydroxylation is 1. The molecule has 1 aliphatic rings. The van der Waals surface area contributed by atoms with Crippen molar-refractivity contribution in [2.45, 2.75) is 13.8 Å². The van der Waals surface area contributed by atoms with Crippen LogP contribution in [-0.4, -0.2) is 66.9 Å². The van der Waals surface area contributed by atoms with Gasteiger partial charge < -0.3 is 19.9 Å². The molecule has 1 aliphatic heterocycles. The number of piperazine rings is 1. The van der Waals surface area contributed by atoms with Gasteiger partial charge in [0.2, 0.25) is 5.91 Å². The molecule has 1 saturated heterocycles. The molecule has 1 aromatic carbocycles. The molecule has 1 fully saturated rings. The van der Waals surface area contributed by atoms with Gasteiger partial charge in [-0.3, -0.25) is 14.4 Å². The third kappa shape index (κ3) is 5.35. The van der Waals surface area contributed by atoms with Crippen LogP contribution in [0, 0.1) is 6.92 Å². The number of benzene rings is 1. The number of carbonyl (C=O) groups excluding carboxylic acids is 3. The molecule has 1 aromatic heterocycles. The average molecular weight is 416 g/mol. The maximum atomic E-state index is 12.5. The number of nitrogens with one attached hydrogen (secondary N) is 1. The van der Waals surface area contributed by atoms with Crippen molar-refractivity contribution in [1.82, 2.24) is 15.1 Å². The Morgan fingerprint density at radius 3 is 2.24 bits per heavy atom. The lowest BCUT2D eigenvalue weighted by molar-refractivity contribution is -0.131. The Morgan fingerprint density at radius 2 is 1.66 bits per heavy atom. The van der Waals surface area contributed by atoms with Gasteiger partial charge in [-0.15, -0.1) is 11.3 Å². The third-order valence-corrected chi connectivity index (χ3v) is 5.69. The first-order valence-corrected chi connectivity index (χ1v) is 10.4. The Balaban J connectivity index is 1.44. The summed E-state index contributed by atoms with van der Waals surface area (Å²) in [7, 11) is 0. The zero-order valence-corrected chi connectivity index (χ0v) is 17.5. The molecule has 0 radical (unpaired) electrons. The molecule has 3 rings (SSSR count). The van der Waals surface area contributed by atoms with Crippen LogP contribution in [0.1, 0.15) is 31.8 Å². The Labute approximate surface area is 174 Å². The van der Waals surface area contributed by atoms with Crippen molar-refractivity contribution in [2.75, 3.05) is 39.3 Å². The molecular weight excluding hydrogens is 390 g/mol. The number of hydrogen-bond donors (Lipinski definition) is 1. The second kappa shape index (κ2) is 9.56. The van der Waals surface area contributed by atoms with Crippen LogP contribution < -0.4 is 10.1 Å². The lowest BCUT2D eigenvalue weighted by Crippen LogP contribution is -2.52. The van der Waals surface area contributed by atoms with Crippen LogP contribution in [0.4, 0.5) is 0 Å². The van der Waals surface area contributed by atoms with Crippen LogP contribution in [0.5, 0.6) is 5.75 Å². The molecular formula is C21H25N3O4S. The number of amides is 3. The molecule has 0 atom stereocenters. The average Bonchev–Trinajstić information content (AvgIpc) is 3.18. The summed E-state index contributed by atoms with van der Waals surface area (Å²) >= 11 is 1.48. The Hall–Kier alpha value is -2.87. The minimum Gasteiger partial charge on any atom is -0.494 e. The van der Waals surface area contributed by atoms with E-state index in [9.17, 15) is 14.4 Å². The Bertz CT molecular complexity index is 870. The largest absolute Gasteiger partial charge is 0.494 e. The van der Waals surface area contributed by atoms with E-state index in [1.165, 1.54) is 11.3 Å². The van der Waals surface area contributed by atoms with Gasteiger partial charge in [0.1, 0.15) is 5.75 Å². The highest BCUT2D eigenvalue weighted by Crippen LogP contribution is 2.18. The van der Waals surface area contributed by atoms with Crippen molar-refractivity contribution < 1.29 is 19.1 Å². The van der Waals surface area contributed by atoms with Crippen molar-refractivity contribution in [2.24, 2.45) is 0 Å². The molecule has 2 aromatic rings. The first kappa shape index (κ1) is 20.9. The van der Waals surface area contributed by atoms with E-state index in [0.717, 1.165) is 9.75 Å². The number of hydrogen-bond acceptors (Lipinski definition) is 5. The van der Waals surface area contributed by atoms with E-state index in [4.69, 9.17) is 4.74 Å². The first-order valence-electron chi connectivity index (χ1n) is 9.62. The minimum absolute atomic E-state index is 0.0130. The van der Waals surface area contributed by atoms with Crippen molar-refractivity contribution in [1.29, 1.82) is 0 Å². The van der Waals surface area contributed by atoms with E-state index in [1.807, 2.05) is 26.0 Å². The van der Waals surface area contributed by atoms with Crippen LogP contribution in [0.2, 0.25) is 0 Å². The van der Waals surface area contributed by atoms with Crippen molar-refractivity contribution >= 4 is 29.1 Å². The van der Waals surface area contributed by atoms with E-state index >= 15 is 0 Å². The SMILES string of the molecule is CCOc1ccc(C(=O)NCC(=O)N2CCN(C(=O)c3ccc(C)s3)CC2)cc1. The third-order valence-electron chi connectivity index (χ3n) is 4.70. The summed E-state index contributed by atoms with van der Waals surface area (Å²) in [5.41, 5.74) is 0.475. The van der Waals surface area contributed by atoms with E-state index in [2.05, 4.69) is 5.32 Å². The van der Waals surface area contributed by atoms with E-state index in [0.29, 0.717) is 44.1 Å². The molecule has 1 N–H and O–H groups in total. The predicted molar refractivity (Wildman–Crippen MR) is 111 cm³/mol. The van der Waals surface area contributed by atoms with Crippen LogP contribution >= 0.6 is 11.3 Å². The lowest BCUT2D eigenvalue weighted by Gasteiger charge is -2.34. The standard InChI is InChI=1S/C21H25N3O4S/c1-3-28-17-7-5-16(6-8-17)20(26)22-14-19(25)23-10-12-24(13-11-23)21(27)18-9-4-15(2)29-18/h4-9H,3,10-14H2,1-2H3,(H,22,26). The normalized spacial score (nSPS) is 13.9. The number of ether oxygens (including phenoxy) is 1. The second-order valence-electron chi connectivity index (χ2n) is 6.72. The lowest BCUT2D eigenvalue weighted by atomic mass is 10.2. The van der Waals surface area contributed by atoms with Gasteiger partial charge in [-0.25, -0.2) is 0 Å². The first-order chi connectivity index (χ1) is 14.0. The highest BCUT2D eigenvalue weighted by atomic mass is 32.1. The number of thiophene rings is 1. The van der Waals surface area contributed by atoms with Gasteiger partial charge in [-0.05, 0) is 50.2 Å². The smallest absolute Gasteiger partial charge is 0.264 e. The van der Waals surface area contributed by atoms with Crippen LogP contribution in [-0.2, 0) is 4.79 Å². The summed E-state index contributed by atoms with van der Waals surface area (Å²) in [6, 6.07) is 10.6. The topological polar surface area (TPSA) is 79.0 Å². The minimum atomic E-state index is -0.303. The fraction of sp³-hybridized carbons (Fsp3) is 0.381. The molecule has 3 amide bonds. The van der Waals surface area contributed by atoms with Gasteiger partial charge >= 0.3 is 0 Å². The van der Waals surface area contributed by atoms with Gasteiger partial charge in [0.15, 0.2) is 0 Å². The van der Waals surface area contributed by atoms with Crippen molar-refractivity contribution in [3.8, 4) is 5.75 Å². The molecule has 0 saturated carbocycles. The molecule has 0 bridgehead atoms. The van der Waals surface area contributed by atoms with Gasteiger partial charge in [0.25, 0.3) is 11.8 Å². The molecule has 8 heteroatoms. The van der Waals surface area contributed by atoms with Gasteiger partial charge in [0.05, 0.1) is 18.0 Å². The van der Waals surface area contributed by atoms with E-state index in [1.54, 1.807) is 34.1 Å². The van der Waals surface area contributed by atoms with Gasteiger partial charge in [-0.1, -0.05) is 0 Å². The molecule has 0 unspecified atom stereocenters. The van der Waals surface area contributed by atoms with Crippen LogP contribution in [0.25, 0.3) is 0 Å². The zero-order chi connectivity index (χ0) is 20.8. The highest BCUT2D eigenvalue weighted by Gasteiger charge is 2.25. The Morgan fingerprint density at radius 1 is 1.00 bits per heavy atom.